The number of rotatable bonds is 4. The minimum absolute atomic E-state index is 0.269. The van der Waals surface area contributed by atoms with Crippen molar-refractivity contribution >= 4 is 23.5 Å². The molecule has 6 nitrogen and oxygen atoms in total. The third-order valence-corrected chi connectivity index (χ3v) is 5.66. The molecular weight excluding hydrogens is 332 g/mol. The zero-order valence-corrected chi connectivity index (χ0v) is 15.2. The number of carbonyl (C=O) groups excluding carboxylic acids is 2. The molecule has 2 saturated heterocycles. The van der Waals surface area contributed by atoms with Gasteiger partial charge in [0.2, 0.25) is 11.4 Å². The lowest BCUT2D eigenvalue weighted by Gasteiger charge is -2.56. The number of alkyl halides is 1. The molecule has 0 aromatic carbocycles. The maximum atomic E-state index is 12.3. The second-order valence-electron chi connectivity index (χ2n) is 6.63. The molecule has 0 spiro atoms. The molecule has 136 valence electrons. The van der Waals surface area contributed by atoms with Crippen LogP contribution >= 0.6 is 11.6 Å². The zero-order chi connectivity index (χ0) is 18.2. The van der Waals surface area contributed by atoms with Crippen LogP contribution < -0.4 is 11.1 Å². The molecule has 0 aromatic heterocycles. The van der Waals surface area contributed by atoms with Crippen LogP contribution in [0.25, 0.3) is 0 Å². The van der Waals surface area contributed by atoms with E-state index in [1.165, 1.54) is 0 Å². The highest BCUT2D eigenvalue weighted by atomic mass is 35.5. The van der Waals surface area contributed by atoms with Gasteiger partial charge in [-0.15, -0.1) is 11.6 Å². The van der Waals surface area contributed by atoms with Crippen molar-refractivity contribution in [3.8, 4) is 0 Å². The summed E-state index contributed by atoms with van der Waals surface area (Å²) in [4.78, 5) is 24.6. The van der Waals surface area contributed by atoms with Crippen LogP contribution in [0.2, 0.25) is 0 Å². The average Bonchev–Trinajstić information content (AvgIpc) is 2.75. The number of nitrogens with two attached hydrogens (primary N) is 1. The number of ether oxygens (including phenoxy) is 1. The monoisotopic (exact) mass is 358 g/mol. The van der Waals surface area contributed by atoms with Crippen LogP contribution in [-0.4, -0.2) is 45.6 Å². The number of esters is 1. The maximum absolute atomic E-state index is 12.3. The summed E-state index contributed by atoms with van der Waals surface area (Å²) >= 11 is 5.76. The van der Waals surface area contributed by atoms with Gasteiger partial charge in [0.15, 0.2) is 5.60 Å². The van der Waals surface area contributed by atoms with Crippen molar-refractivity contribution in [3.05, 3.63) is 12.2 Å². The Balaban J connectivity index is 0.00000100. The first-order valence-electron chi connectivity index (χ1n) is 8.58. The first-order valence-corrected chi connectivity index (χ1v) is 9.11. The lowest BCUT2D eigenvalue weighted by molar-refractivity contribution is -0.239. The number of allylic oxidation sites excluding steroid dienone is 1. The predicted molar refractivity (Wildman–Crippen MR) is 91.5 cm³/mol. The van der Waals surface area contributed by atoms with Crippen LogP contribution in [0.1, 0.15) is 46.5 Å². The smallest absolute Gasteiger partial charge is 0.339 e. The first-order chi connectivity index (χ1) is 11.3. The fraction of sp³-hybridized carbons (Fsp3) is 0.765. The van der Waals surface area contributed by atoms with E-state index in [4.69, 9.17) is 22.1 Å². The normalized spacial score (nSPS) is 41.3. The molecule has 1 amide bonds. The van der Waals surface area contributed by atoms with Crippen molar-refractivity contribution in [2.24, 2.45) is 11.7 Å². The van der Waals surface area contributed by atoms with Gasteiger partial charge in [-0.1, -0.05) is 26.0 Å². The van der Waals surface area contributed by atoms with Crippen LogP contribution in [-0.2, 0) is 14.3 Å². The Bertz CT molecular complexity index is 555. The summed E-state index contributed by atoms with van der Waals surface area (Å²) < 4.78 is 5.33. The molecule has 0 saturated carbocycles. The molecule has 0 bridgehead atoms. The summed E-state index contributed by atoms with van der Waals surface area (Å²) in [7, 11) is 0. The molecule has 24 heavy (non-hydrogen) atoms. The molecule has 3 unspecified atom stereocenters. The first kappa shape index (κ1) is 19.2. The third kappa shape index (κ3) is 2.38. The summed E-state index contributed by atoms with van der Waals surface area (Å²) in [5.41, 5.74) is 2.67. The highest BCUT2D eigenvalue weighted by molar-refractivity contribution is 6.18. The Kier molecular flexibility index (Phi) is 5.33. The van der Waals surface area contributed by atoms with Crippen LogP contribution in [0.4, 0.5) is 0 Å². The van der Waals surface area contributed by atoms with E-state index < -0.39 is 34.7 Å². The standard InChI is InChI=1S/C15H21ClN2O4.C2H6/c1-13-9(5-8-16)10(19)18-15(13,12(21)22-13)11(20)14(17)6-3-2-4-7-14;1-2/h3,6,9,11,20H,2,4-5,7-8,17H2,1H3,(H,18,19);1-2H3/t9?,11-,13-,14?,15?;/m0./s1. The number of amides is 1. The molecule has 0 aromatic rings. The van der Waals surface area contributed by atoms with Gasteiger partial charge in [0.05, 0.1) is 11.5 Å². The highest BCUT2D eigenvalue weighted by Crippen LogP contribution is 2.53. The summed E-state index contributed by atoms with van der Waals surface area (Å²) in [6.45, 7) is 5.67. The van der Waals surface area contributed by atoms with Gasteiger partial charge in [0.1, 0.15) is 6.10 Å². The van der Waals surface area contributed by atoms with E-state index in [-0.39, 0.29) is 11.8 Å². The van der Waals surface area contributed by atoms with Crippen molar-refractivity contribution in [3.63, 3.8) is 0 Å². The summed E-state index contributed by atoms with van der Waals surface area (Å²) in [6, 6.07) is 0. The number of hydrogen-bond donors (Lipinski definition) is 3. The average molecular weight is 359 g/mol. The van der Waals surface area contributed by atoms with Gasteiger partial charge in [0, 0.05) is 5.88 Å². The van der Waals surface area contributed by atoms with Gasteiger partial charge in [0.25, 0.3) is 0 Å². The number of carbonyl (C=O) groups is 2. The lowest BCUT2D eigenvalue weighted by Crippen LogP contribution is -2.83. The molecule has 2 heterocycles. The molecule has 4 N–H and O–H groups in total. The van der Waals surface area contributed by atoms with Gasteiger partial charge < -0.3 is 20.9 Å². The van der Waals surface area contributed by atoms with Crippen molar-refractivity contribution in [1.29, 1.82) is 0 Å². The number of fused-ring (bicyclic) bond motifs is 1. The van der Waals surface area contributed by atoms with Crippen LogP contribution in [0.15, 0.2) is 12.2 Å². The fourth-order valence-corrected chi connectivity index (χ4v) is 4.29. The topological polar surface area (TPSA) is 102 Å². The van der Waals surface area contributed by atoms with E-state index in [2.05, 4.69) is 5.32 Å². The molecule has 3 rings (SSSR count). The Morgan fingerprint density at radius 1 is 1.50 bits per heavy atom. The van der Waals surface area contributed by atoms with Crippen molar-refractivity contribution in [2.75, 3.05) is 5.88 Å². The van der Waals surface area contributed by atoms with E-state index in [0.29, 0.717) is 12.8 Å². The van der Waals surface area contributed by atoms with E-state index in [9.17, 15) is 14.7 Å². The largest absolute Gasteiger partial charge is 0.453 e. The molecule has 2 aliphatic heterocycles. The van der Waals surface area contributed by atoms with E-state index in [1.54, 1.807) is 13.0 Å². The van der Waals surface area contributed by atoms with Crippen molar-refractivity contribution in [2.45, 2.75) is 69.2 Å². The Labute approximate surface area is 147 Å². The van der Waals surface area contributed by atoms with Gasteiger partial charge in [-0.25, -0.2) is 4.79 Å². The van der Waals surface area contributed by atoms with Gasteiger partial charge in [-0.3, -0.25) is 4.79 Å². The minimum atomic E-state index is -1.49. The Morgan fingerprint density at radius 3 is 2.67 bits per heavy atom. The van der Waals surface area contributed by atoms with Gasteiger partial charge in [-0.2, -0.15) is 0 Å². The predicted octanol–water partition coefficient (Wildman–Crippen LogP) is 1.24. The van der Waals surface area contributed by atoms with Crippen LogP contribution in [0, 0.1) is 5.92 Å². The Morgan fingerprint density at radius 2 is 2.17 bits per heavy atom. The maximum Gasteiger partial charge on any atom is 0.339 e. The minimum Gasteiger partial charge on any atom is -0.453 e. The quantitative estimate of drug-likeness (QED) is 0.398. The third-order valence-electron chi connectivity index (χ3n) is 5.44. The number of nitrogens with one attached hydrogen (secondary N) is 1. The lowest BCUT2D eigenvalue weighted by atomic mass is 9.62. The number of aliphatic hydroxyl groups is 1. The zero-order valence-electron chi connectivity index (χ0n) is 14.5. The second-order valence-corrected chi connectivity index (χ2v) is 7.01. The highest BCUT2D eigenvalue weighted by Gasteiger charge is 2.80. The van der Waals surface area contributed by atoms with Gasteiger partial charge in [-0.05, 0) is 32.6 Å². The molecule has 3 aliphatic rings. The number of hydrogen-bond acceptors (Lipinski definition) is 5. The van der Waals surface area contributed by atoms with Crippen molar-refractivity contribution in [1.82, 2.24) is 5.32 Å². The fourth-order valence-electron chi connectivity index (χ4n) is 4.07. The van der Waals surface area contributed by atoms with Crippen molar-refractivity contribution < 1.29 is 19.4 Å². The molecule has 5 atom stereocenters. The molecule has 7 heteroatoms. The van der Waals surface area contributed by atoms with Crippen LogP contribution in [0.5, 0.6) is 0 Å². The van der Waals surface area contributed by atoms with E-state index in [1.807, 2.05) is 19.9 Å². The van der Waals surface area contributed by atoms with Crippen LogP contribution in [0.3, 0.4) is 0 Å². The van der Waals surface area contributed by atoms with E-state index in [0.717, 1.165) is 12.8 Å². The second kappa shape index (κ2) is 6.65. The van der Waals surface area contributed by atoms with E-state index >= 15 is 0 Å². The Hall–Kier alpha value is -1.11. The SMILES string of the molecule is CC.C[C@@]12OC(=O)C1([C@@H](O)C1(N)C=CCCC1)NC(=O)C2CCCl. The number of aliphatic hydroxyl groups excluding tert-OH is 1. The summed E-state index contributed by atoms with van der Waals surface area (Å²) in [5.74, 6) is -1.26. The number of halogens is 1. The molecule has 2 fully saturated rings. The molecule has 0 radical (unpaired) electrons. The van der Waals surface area contributed by atoms with Gasteiger partial charge >= 0.3 is 5.97 Å². The summed E-state index contributed by atoms with van der Waals surface area (Å²) in [5, 5.41) is 13.6. The summed E-state index contributed by atoms with van der Waals surface area (Å²) in [6.07, 6.45) is 5.03. The molecule has 1 aliphatic carbocycles. The molecular formula is C17H27ClN2O4.